The Labute approximate surface area is 722 Å². The van der Waals surface area contributed by atoms with Crippen LogP contribution in [0.3, 0.4) is 0 Å². The Kier molecular flexibility index (Phi) is 24.4. The molecule has 18 N–H and O–H groups in total. The Hall–Kier alpha value is -17.3. The Bertz CT molecular complexity index is 7440. The third-order valence-corrected chi connectivity index (χ3v) is 20.4. The number of anilines is 7. The number of benzene rings is 6. The summed E-state index contributed by atoms with van der Waals surface area (Å²) in [5.41, 5.74) is 59.0. The number of aromatic hydroxyl groups is 1. The largest absolute Gasteiger partial charge is 0.505 e. The molecule has 0 atom stereocenters. The van der Waals surface area contributed by atoms with Gasteiger partial charge in [0.15, 0.2) is 51.1 Å². The van der Waals surface area contributed by atoms with Crippen LogP contribution in [0.2, 0.25) is 0 Å². The van der Waals surface area contributed by atoms with E-state index in [0.29, 0.717) is 143 Å². The molecule has 40 nitrogen and oxygen atoms in total. The van der Waals surface area contributed by atoms with Crippen molar-refractivity contribution < 1.29 is 28.5 Å². The van der Waals surface area contributed by atoms with Crippen LogP contribution in [0.25, 0.3) is 156 Å². The van der Waals surface area contributed by atoms with Gasteiger partial charge in [-0.15, -0.1) is 0 Å². The molecule has 0 fully saturated rings. The average molecular weight is 1730 g/mol. The van der Waals surface area contributed by atoms with Crippen molar-refractivity contribution in [3.63, 3.8) is 0 Å². The third kappa shape index (κ3) is 17.1. The first-order chi connectivity index (χ1) is 61.7. The summed E-state index contributed by atoms with van der Waals surface area (Å²) in [6.07, 6.45) is 13.0. The van der Waals surface area contributed by atoms with E-state index in [0.717, 1.165) is 77.7 Å². The molecule has 21 rings (SSSR count). The lowest BCUT2D eigenvalue weighted by molar-refractivity contribution is 0.282. The molecule has 6 aromatic carbocycles. The molecule has 0 radical (unpaired) electrons. The molecule has 0 aliphatic heterocycles. The summed E-state index contributed by atoms with van der Waals surface area (Å²) in [6.45, 7) is 3.86. The minimum atomic E-state index is -0.687. The summed E-state index contributed by atoms with van der Waals surface area (Å²) in [6, 6.07) is 36.8. The summed E-state index contributed by atoms with van der Waals surface area (Å²) in [5, 5.41) is 71.4. The zero-order chi connectivity index (χ0) is 90.5. The number of aliphatic hydroxyl groups is 2. The standard InChI is InChI=1S/C13H12FN5.C13H11N7.C13H13N5O.C13H13N5.C12H10FN5O.C12H10FN5.C9H13N5O/c1-7-3-4-8(5-9(7)14)11-10-12(15)16-6-17-13(10)19(2)18-11;1-20-13-10(12(14)15-6-16-13)11(19-20)7-3-2-4-9-8(7)5-17-18-9;1-18-13-10(12(14)15-7-16-13)11(17-18)9-5-3-2-4-8(9)6-19;1-8-4-3-5-9(6-8)11-10-12(14)15-7-16-13(10)18(2)17-11;1-18-12-9(11(14)15-5-16-12)10(17-18)6-2-3-7(13)8(19)4-6;1-18-12-9(11(14)15-6-16-12)10(17-18)7-3-2-4-8(13)5-7;1-14-9-7(8(10)11-5-12-9)6(13-14)3-2-4-15/h3-6H,1-2H3,(H2,15,16,17);2-6H,1H3,(H,17,18)(H2,14,15,16);2-5,7,19H,6H2,1H3,(H2,14,15,16);3-7H,1-2H3,(H2,14,15,16);2-5,19H,1H3,(H2,14,15,16);2-6H,1H3,(H2,14,15,16);5,15H,2-4H2,1H3,(H2,10,11,12). The van der Waals surface area contributed by atoms with Crippen molar-refractivity contribution in [3.05, 3.63) is 218 Å². The Morgan fingerprint density at radius 2 is 0.719 bits per heavy atom. The normalized spacial score (nSPS) is 11.1. The molecule has 21 aromatic rings. The van der Waals surface area contributed by atoms with Crippen molar-refractivity contribution in [2.45, 2.75) is 33.3 Å². The fourth-order valence-corrected chi connectivity index (χ4v) is 14.3. The summed E-state index contributed by atoms with van der Waals surface area (Å²) >= 11 is 0. The molecule has 0 aliphatic carbocycles. The minimum Gasteiger partial charge on any atom is -0.505 e. The molecule has 0 amide bonds. The van der Waals surface area contributed by atoms with Crippen molar-refractivity contribution in [1.29, 1.82) is 0 Å². The van der Waals surface area contributed by atoms with E-state index in [-0.39, 0.29) is 30.7 Å². The molecule has 43 heteroatoms. The number of nitrogens with two attached hydrogens (primary N) is 7. The van der Waals surface area contributed by atoms with E-state index in [1.807, 2.05) is 81.8 Å². The number of hydrogen-bond acceptors (Lipinski definition) is 32. The van der Waals surface area contributed by atoms with E-state index >= 15 is 0 Å². The van der Waals surface area contributed by atoms with Crippen LogP contribution in [0.15, 0.2) is 178 Å². The van der Waals surface area contributed by atoms with Gasteiger partial charge in [0, 0.05) is 94.7 Å². The summed E-state index contributed by atoms with van der Waals surface area (Å²) < 4.78 is 51.6. The SMILES string of the molecule is Cc1ccc(-c2nn(C)c3ncnc(N)c23)cc1F.Cc1cccc(-c2nn(C)c3ncnc(N)c23)c1.Cn1nc(-c2ccc(F)c(O)c2)c2c(N)ncnc21.Cn1nc(-c2cccc(F)c2)c2c(N)ncnc21.Cn1nc(-c2cccc3[nH]ncc23)c2c(N)ncnc21.Cn1nc(-c2ccccc2CO)c2c(N)ncnc21.Cn1nc(CCCO)c2c(N)ncnc21. The second-order valence-corrected chi connectivity index (χ2v) is 28.9. The monoisotopic (exact) mass is 1730 g/mol. The number of aliphatic hydroxyl groups excluding tert-OH is 2. The number of halogens is 3. The second-order valence-electron chi connectivity index (χ2n) is 28.9. The third-order valence-electron chi connectivity index (χ3n) is 20.4. The molecule has 15 aromatic heterocycles. The van der Waals surface area contributed by atoms with Crippen LogP contribution >= 0.6 is 0 Å². The topological polar surface area (TPSA) is 577 Å². The highest BCUT2D eigenvalue weighted by molar-refractivity contribution is 6.06. The van der Waals surface area contributed by atoms with Gasteiger partial charge in [0.25, 0.3) is 0 Å². The smallest absolute Gasteiger partial charge is 0.164 e. The number of rotatable bonds is 10. The maximum Gasteiger partial charge on any atom is 0.164 e. The van der Waals surface area contributed by atoms with Gasteiger partial charge in [-0.25, -0.2) is 111 Å². The van der Waals surface area contributed by atoms with Crippen molar-refractivity contribution in [2.24, 2.45) is 49.3 Å². The molecule has 15 heterocycles. The van der Waals surface area contributed by atoms with Crippen LogP contribution in [0.5, 0.6) is 5.75 Å². The maximum absolute atomic E-state index is 13.7. The lowest BCUT2D eigenvalue weighted by Gasteiger charge is -2.04. The number of aryl methyl sites for hydroxylation is 10. The number of phenolic OH excluding ortho intramolecular Hbond substituents is 1. The van der Waals surface area contributed by atoms with Gasteiger partial charge >= 0.3 is 0 Å². The molecule has 0 aliphatic rings. The van der Waals surface area contributed by atoms with Crippen LogP contribution in [0.4, 0.5) is 53.9 Å². The first kappa shape index (κ1) is 85.7. The Morgan fingerprint density at radius 1 is 0.352 bits per heavy atom. The van der Waals surface area contributed by atoms with Crippen molar-refractivity contribution in [1.82, 2.24) is 148 Å². The Balaban J connectivity index is 0.000000115. The molecule has 128 heavy (non-hydrogen) atoms. The zero-order valence-electron chi connectivity index (χ0n) is 70.1. The van der Waals surface area contributed by atoms with Gasteiger partial charge in [0.1, 0.15) is 131 Å². The van der Waals surface area contributed by atoms with Crippen molar-refractivity contribution >= 4 is 129 Å². The molecule has 0 spiro atoms. The van der Waals surface area contributed by atoms with E-state index in [4.69, 9.17) is 45.2 Å². The Morgan fingerprint density at radius 3 is 1.15 bits per heavy atom. The highest BCUT2D eigenvalue weighted by Gasteiger charge is 2.24. The van der Waals surface area contributed by atoms with Crippen LogP contribution in [-0.2, 0) is 62.4 Å². The lowest BCUT2D eigenvalue weighted by Crippen LogP contribution is -1.95. The number of H-pyrrole nitrogens is 1. The predicted octanol–water partition coefficient (Wildman–Crippen LogP) is 9.65. The van der Waals surface area contributed by atoms with E-state index in [9.17, 15) is 23.4 Å². The number of hydrogen-bond donors (Lipinski definition) is 11. The van der Waals surface area contributed by atoms with Crippen LogP contribution in [0.1, 0.15) is 28.8 Å². The number of fused-ring (bicyclic) bond motifs is 8. The maximum atomic E-state index is 13.7. The predicted molar refractivity (Wildman–Crippen MR) is 480 cm³/mol. The van der Waals surface area contributed by atoms with Crippen LogP contribution in [0, 0.1) is 31.3 Å². The quantitative estimate of drug-likeness (QED) is 0.0606. The molecule has 0 bridgehead atoms. The van der Waals surface area contributed by atoms with Crippen LogP contribution < -0.4 is 40.1 Å². The number of aromatic nitrogens is 30. The highest BCUT2D eigenvalue weighted by atomic mass is 19.1. The van der Waals surface area contributed by atoms with Gasteiger partial charge in [0.05, 0.1) is 61.7 Å². The molecule has 0 saturated heterocycles. The number of nitrogen functional groups attached to an aromatic ring is 7. The number of phenols is 1. The summed E-state index contributed by atoms with van der Waals surface area (Å²) in [4.78, 5) is 57.0. The summed E-state index contributed by atoms with van der Waals surface area (Å²) in [5.74, 6) is 0.983. The van der Waals surface area contributed by atoms with Crippen molar-refractivity contribution in [3.8, 4) is 73.3 Å². The first-order valence-electron chi connectivity index (χ1n) is 39.0. The minimum absolute atomic E-state index is 0.0537. The molecule has 646 valence electrons. The molecular weight excluding hydrogens is 1640 g/mol. The highest BCUT2D eigenvalue weighted by Crippen LogP contribution is 2.39. The van der Waals surface area contributed by atoms with Gasteiger partial charge in [-0.1, -0.05) is 84.4 Å². The summed E-state index contributed by atoms with van der Waals surface area (Å²) in [7, 11) is 12.6. The number of nitrogens with one attached hydrogen (secondary N) is 1. The molecule has 0 unspecified atom stereocenters. The van der Waals surface area contributed by atoms with Gasteiger partial charge in [-0.05, 0) is 86.3 Å². The van der Waals surface area contributed by atoms with Gasteiger partial charge in [-0.2, -0.15) is 40.8 Å². The zero-order valence-corrected chi connectivity index (χ0v) is 70.1. The van der Waals surface area contributed by atoms with E-state index in [1.165, 1.54) is 86.3 Å². The fraction of sp³-hybridized carbons (Fsp3) is 0.153. The van der Waals surface area contributed by atoms with E-state index < -0.39 is 11.6 Å². The van der Waals surface area contributed by atoms with Gasteiger partial charge < -0.3 is 55.5 Å². The second kappa shape index (κ2) is 36.4. The van der Waals surface area contributed by atoms with Crippen molar-refractivity contribution in [2.75, 3.05) is 46.7 Å². The van der Waals surface area contributed by atoms with Crippen LogP contribution in [-0.4, -0.2) is 170 Å². The van der Waals surface area contributed by atoms with E-state index in [1.54, 1.807) is 92.3 Å². The first-order valence-corrected chi connectivity index (χ1v) is 39.0. The average Bonchev–Trinajstić information content (AvgIpc) is 1.61. The number of nitrogens with zero attached hydrogens (tertiary/aromatic N) is 29. The number of aromatic amines is 1. The molecule has 0 saturated carbocycles. The fourth-order valence-electron chi connectivity index (χ4n) is 14.3. The van der Waals surface area contributed by atoms with Gasteiger partial charge in [0.2, 0.25) is 0 Å². The lowest BCUT2D eigenvalue weighted by atomic mass is 10.0. The van der Waals surface area contributed by atoms with Gasteiger partial charge in [-0.3, -0.25) is 9.78 Å². The van der Waals surface area contributed by atoms with E-state index in [2.05, 4.69) is 135 Å². The molecular formula is C85H82F3N37O3.